The summed E-state index contributed by atoms with van der Waals surface area (Å²) in [5.74, 6) is 0.698. The molecule has 0 aliphatic carbocycles. The molecule has 11 heteroatoms. The van der Waals surface area contributed by atoms with Gasteiger partial charge in [-0.05, 0) is 25.3 Å². The summed E-state index contributed by atoms with van der Waals surface area (Å²) in [5, 5.41) is 12.8. The van der Waals surface area contributed by atoms with Crippen LogP contribution in [0.25, 0.3) is 10.8 Å². The van der Waals surface area contributed by atoms with E-state index in [1.165, 1.54) is 34.4 Å². The average Bonchev–Trinajstić information content (AvgIpc) is 3.36. The van der Waals surface area contributed by atoms with Crippen LogP contribution in [0.1, 0.15) is 18.4 Å². The summed E-state index contributed by atoms with van der Waals surface area (Å²) >= 11 is 3.94. The normalized spacial score (nSPS) is 10.7. The van der Waals surface area contributed by atoms with Crippen LogP contribution in [-0.4, -0.2) is 39.4 Å². The topological polar surface area (TPSA) is 107 Å². The largest absolute Gasteiger partial charge is 0.465 e. The van der Waals surface area contributed by atoms with Gasteiger partial charge in [-0.15, -0.1) is 21.5 Å². The van der Waals surface area contributed by atoms with Gasteiger partial charge in [0.1, 0.15) is 5.76 Å². The summed E-state index contributed by atoms with van der Waals surface area (Å²) in [6.45, 7) is 3.87. The molecule has 0 saturated carbocycles. The van der Waals surface area contributed by atoms with E-state index < -0.39 is 0 Å². The fourth-order valence-electron chi connectivity index (χ4n) is 2.06. The van der Waals surface area contributed by atoms with Gasteiger partial charge in [-0.1, -0.05) is 29.2 Å². The van der Waals surface area contributed by atoms with Gasteiger partial charge in [-0.2, -0.15) is 0 Å². The molecular weight excluding hydrogens is 408 g/mol. The summed E-state index contributed by atoms with van der Waals surface area (Å²) in [7, 11) is 0. The van der Waals surface area contributed by atoms with Crippen molar-refractivity contribution in [2.45, 2.75) is 24.6 Å². The molecule has 0 radical (unpaired) electrons. The highest BCUT2D eigenvalue weighted by Gasteiger charge is 2.17. The summed E-state index contributed by atoms with van der Waals surface area (Å²) in [4.78, 5) is 28.9. The Morgan fingerprint density at radius 3 is 2.96 bits per heavy atom. The van der Waals surface area contributed by atoms with E-state index in [0.29, 0.717) is 33.4 Å². The Balaban J connectivity index is 1.55. The molecule has 3 heterocycles. The van der Waals surface area contributed by atoms with Crippen molar-refractivity contribution in [2.75, 3.05) is 17.7 Å². The Hall–Kier alpha value is -2.24. The zero-order valence-electron chi connectivity index (χ0n) is 14.6. The van der Waals surface area contributed by atoms with E-state index in [4.69, 9.17) is 9.15 Å². The highest BCUT2D eigenvalue weighted by atomic mass is 32.2. The molecule has 0 saturated heterocycles. The summed E-state index contributed by atoms with van der Waals surface area (Å²) in [5.41, 5.74) is 0.581. The van der Waals surface area contributed by atoms with Crippen molar-refractivity contribution in [1.29, 1.82) is 0 Å². The van der Waals surface area contributed by atoms with E-state index in [9.17, 15) is 9.59 Å². The number of oxazole rings is 1. The number of carbonyl (C=O) groups is 2. The van der Waals surface area contributed by atoms with Crippen LogP contribution >= 0.6 is 34.4 Å². The molecule has 0 fully saturated rings. The third-order valence-electron chi connectivity index (χ3n) is 3.22. The molecule has 1 N–H and O–H groups in total. The monoisotopic (exact) mass is 424 g/mol. The third kappa shape index (κ3) is 5.37. The lowest BCUT2D eigenvalue weighted by molar-refractivity contribution is -0.139. The summed E-state index contributed by atoms with van der Waals surface area (Å²) < 4.78 is 11.1. The van der Waals surface area contributed by atoms with Gasteiger partial charge in [0.2, 0.25) is 16.9 Å². The molecule has 0 aliphatic heterocycles. The SMILES string of the molecule is CCOC(=O)CSc1nnc(NC(=O)Cc2nc(-c3cccs3)oc2C)s1. The van der Waals surface area contributed by atoms with Gasteiger partial charge in [0, 0.05) is 0 Å². The third-order valence-corrected chi connectivity index (χ3v) is 6.03. The minimum Gasteiger partial charge on any atom is -0.465 e. The fourth-order valence-corrected chi connectivity index (χ4v) is 4.27. The zero-order valence-corrected chi connectivity index (χ0v) is 17.0. The molecule has 3 aromatic heterocycles. The molecule has 27 heavy (non-hydrogen) atoms. The Kier molecular flexibility index (Phi) is 6.58. The van der Waals surface area contributed by atoms with Crippen molar-refractivity contribution in [3.63, 3.8) is 0 Å². The Morgan fingerprint density at radius 1 is 1.37 bits per heavy atom. The fraction of sp³-hybridized carbons (Fsp3) is 0.312. The second kappa shape index (κ2) is 9.11. The Labute approximate surface area is 167 Å². The van der Waals surface area contributed by atoms with Crippen LogP contribution in [0.3, 0.4) is 0 Å². The lowest BCUT2D eigenvalue weighted by Gasteiger charge is -1.99. The minimum absolute atomic E-state index is 0.0750. The number of nitrogens with one attached hydrogen (secondary N) is 1. The van der Waals surface area contributed by atoms with Crippen LogP contribution in [0.2, 0.25) is 0 Å². The lowest BCUT2D eigenvalue weighted by Crippen LogP contribution is -2.15. The summed E-state index contributed by atoms with van der Waals surface area (Å²) in [6.07, 6.45) is 0.0750. The number of nitrogens with zero attached hydrogens (tertiary/aromatic N) is 3. The number of hydrogen-bond donors (Lipinski definition) is 1. The molecule has 0 aromatic carbocycles. The maximum absolute atomic E-state index is 12.3. The number of amides is 1. The first-order valence-corrected chi connectivity index (χ1v) is 10.6. The van der Waals surface area contributed by atoms with Crippen LogP contribution in [0.15, 0.2) is 26.3 Å². The maximum Gasteiger partial charge on any atom is 0.316 e. The van der Waals surface area contributed by atoms with Gasteiger partial charge in [0.15, 0.2) is 4.34 Å². The quantitative estimate of drug-likeness (QED) is 0.333. The van der Waals surface area contributed by atoms with E-state index >= 15 is 0 Å². The van der Waals surface area contributed by atoms with Crippen molar-refractivity contribution in [2.24, 2.45) is 0 Å². The van der Waals surface area contributed by atoms with Gasteiger partial charge in [0.05, 0.1) is 29.4 Å². The van der Waals surface area contributed by atoms with Crippen molar-refractivity contribution >= 4 is 51.4 Å². The molecule has 8 nitrogen and oxygen atoms in total. The number of aryl methyl sites for hydroxylation is 1. The lowest BCUT2D eigenvalue weighted by atomic mass is 10.2. The molecule has 0 atom stereocenters. The van der Waals surface area contributed by atoms with Gasteiger partial charge in [0.25, 0.3) is 0 Å². The Morgan fingerprint density at radius 2 is 2.22 bits per heavy atom. The smallest absolute Gasteiger partial charge is 0.316 e. The molecule has 3 rings (SSSR count). The molecule has 0 unspecified atom stereocenters. The number of ether oxygens (including phenoxy) is 1. The number of thioether (sulfide) groups is 1. The minimum atomic E-state index is -0.314. The second-order valence-corrected chi connectivity index (χ2v) is 8.34. The van der Waals surface area contributed by atoms with Gasteiger partial charge in [-0.25, -0.2) is 4.98 Å². The Bertz CT molecular complexity index is 920. The predicted octanol–water partition coefficient (Wildman–Crippen LogP) is 3.40. The molecule has 0 bridgehead atoms. The highest BCUT2D eigenvalue weighted by Crippen LogP contribution is 2.27. The van der Waals surface area contributed by atoms with Crippen molar-refractivity contribution in [1.82, 2.24) is 15.2 Å². The average molecular weight is 425 g/mol. The number of esters is 1. The van der Waals surface area contributed by atoms with Gasteiger partial charge < -0.3 is 14.5 Å². The van der Waals surface area contributed by atoms with Crippen molar-refractivity contribution in [3.8, 4) is 10.8 Å². The van der Waals surface area contributed by atoms with Crippen LogP contribution in [0.4, 0.5) is 5.13 Å². The van der Waals surface area contributed by atoms with E-state index in [2.05, 4.69) is 20.5 Å². The van der Waals surface area contributed by atoms with E-state index in [1.54, 1.807) is 13.8 Å². The molecule has 0 aliphatic rings. The number of thiophene rings is 1. The van der Waals surface area contributed by atoms with Crippen LogP contribution in [0.5, 0.6) is 0 Å². The molecule has 142 valence electrons. The molecular formula is C16H16N4O4S3. The van der Waals surface area contributed by atoms with Crippen molar-refractivity contribution in [3.05, 3.63) is 29.0 Å². The number of carbonyl (C=O) groups excluding carboxylic acids is 2. The number of aromatic nitrogens is 3. The van der Waals surface area contributed by atoms with E-state index in [-0.39, 0.29) is 24.1 Å². The number of rotatable bonds is 8. The van der Waals surface area contributed by atoms with Crippen LogP contribution < -0.4 is 5.32 Å². The standard InChI is InChI=1S/C16H16N4O4S3/c1-3-23-13(22)8-26-16-20-19-15(27-16)18-12(21)7-10-9(2)24-14(17-10)11-5-4-6-25-11/h4-6H,3,7-8H2,1-2H3,(H,18,19,21). The van der Waals surface area contributed by atoms with Crippen LogP contribution in [0, 0.1) is 6.92 Å². The van der Waals surface area contributed by atoms with Gasteiger partial charge in [-0.3, -0.25) is 9.59 Å². The first kappa shape index (κ1) is 19.5. The molecule has 3 aromatic rings. The van der Waals surface area contributed by atoms with Crippen LogP contribution in [-0.2, 0) is 20.7 Å². The summed E-state index contributed by atoms with van der Waals surface area (Å²) in [6, 6.07) is 3.83. The molecule has 0 spiro atoms. The first-order chi connectivity index (χ1) is 13.0. The molecule has 1 amide bonds. The van der Waals surface area contributed by atoms with E-state index in [0.717, 1.165) is 4.88 Å². The van der Waals surface area contributed by atoms with E-state index in [1.807, 2.05) is 17.5 Å². The van der Waals surface area contributed by atoms with Gasteiger partial charge >= 0.3 is 5.97 Å². The maximum atomic E-state index is 12.3. The first-order valence-electron chi connectivity index (χ1n) is 7.97. The van der Waals surface area contributed by atoms with Crippen molar-refractivity contribution < 1.29 is 18.7 Å². The predicted molar refractivity (Wildman–Crippen MR) is 104 cm³/mol. The zero-order chi connectivity index (χ0) is 19.2. The number of hydrogen-bond acceptors (Lipinski definition) is 10. The second-order valence-electron chi connectivity index (χ2n) is 5.19. The highest BCUT2D eigenvalue weighted by molar-refractivity contribution is 8.01. The number of anilines is 1.